The highest BCUT2D eigenvalue weighted by Crippen LogP contribution is 2.14. The Balaban J connectivity index is 1.51. The molecule has 3 rings (SSSR count). The summed E-state index contributed by atoms with van der Waals surface area (Å²) in [6.07, 6.45) is 1.79. The molecule has 0 radical (unpaired) electrons. The van der Waals surface area contributed by atoms with Crippen molar-refractivity contribution in [3.05, 3.63) is 94.5 Å². The van der Waals surface area contributed by atoms with E-state index >= 15 is 0 Å². The Morgan fingerprint density at radius 2 is 1.73 bits per heavy atom. The lowest BCUT2D eigenvalue weighted by Crippen LogP contribution is -2.26. The molecule has 1 N–H and O–H groups in total. The fourth-order valence-electron chi connectivity index (χ4n) is 2.67. The lowest BCUT2D eigenvalue weighted by molar-refractivity contribution is 0.0784. The van der Waals surface area contributed by atoms with Crippen molar-refractivity contribution in [1.82, 2.24) is 9.88 Å². The molecular weight excluding hydrogens is 409 g/mol. The molecular formula is C22H19ClFN3O3. The summed E-state index contributed by atoms with van der Waals surface area (Å²) in [7, 11) is 1.62. The molecule has 2 amide bonds. The fraction of sp³-hybridized carbons (Fsp3) is 0.136. The standard InChI is InChI=1S/C22H19ClFN3O3/c1-27(21(28)17-10-19(24)12-25-11-17)13-15-4-8-20(9-5-15)26-22(29)30-14-16-2-6-18(23)7-3-16/h2-12H,13-14H2,1H3,(H,26,29). The summed E-state index contributed by atoms with van der Waals surface area (Å²) >= 11 is 5.82. The Labute approximate surface area is 178 Å². The van der Waals surface area contributed by atoms with Crippen LogP contribution in [-0.4, -0.2) is 28.9 Å². The second-order valence-electron chi connectivity index (χ2n) is 6.58. The van der Waals surface area contributed by atoms with Crippen LogP contribution in [0.2, 0.25) is 5.02 Å². The maximum Gasteiger partial charge on any atom is 0.411 e. The van der Waals surface area contributed by atoms with Gasteiger partial charge in [-0.15, -0.1) is 0 Å². The first-order valence-corrected chi connectivity index (χ1v) is 9.41. The summed E-state index contributed by atoms with van der Waals surface area (Å²) < 4.78 is 18.4. The summed E-state index contributed by atoms with van der Waals surface area (Å²) in [6, 6.07) is 15.1. The minimum atomic E-state index is -0.580. The van der Waals surface area contributed by atoms with E-state index in [1.807, 2.05) is 0 Å². The topological polar surface area (TPSA) is 71.5 Å². The van der Waals surface area contributed by atoms with E-state index in [9.17, 15) is 14.0 Å². The Kier molecular flexibility index (Phi) is 6.98. The number of nitrogens with one attached hydrogen (secondary N) is 1. The van der Waals surface area contributed by atoms with E-state index in [4.69, 9.17) is 16.3 Å². The van der Waals surface area contributed by atoms with Crippen LogP contribution < -0.4 is 5.32 Å². The molecule has 30 heavy (non-hydrogen) atoms. The Morgan fingerprint density at radius 3 is 2.40 bits per heavy atom. The van der Waals surface area contributed by atoms with E-state index in [-0.39, 0.29) is 18.1 Å². The second kappa shape index (κ2) is 9.84. The highest BCUT2D eigenvalue weighted by Gasteiger charge is 2.13. The van der Waals surface area contributed by atoms with Crippen molar-refractivity contribution in [2.24, 2.45) is 0 Å². The van der Waals surface area contributed by atoms with Gasteiger partial charge in [0.25, 0.3) is 5.91 Å². The average Bonchev–Trinajstić information content (AvgIpc) is 2.74. The molecule has 0 aliphatic heterocycles. The summed E-state index contributed by atoms with van der Waals surface area (Å²) in [4.78, 5) is 29.4. The van der Waals surface area contributed by atoms with E-state index < -0.39 is 11.9 Å². The predicted molar refractivity (Wildman–Crippen MR) is 112 cm³/mol. The van der Waals surface area contributed by atoms with Crippen molar-refractivity contribution >= 4 is 29.3 Å². The zero-order valence-electron chi connectivity index (χ0n) is 16.1. The molecule has 1 heterocycles. The number of pyridine rings is 1. The van der Waals surface area contributed by atoms with Crippen molar-refractivity contribution in [1.29, 1.82) is 0 Å². The fourth-order valence-corrected chi connectivity index (χ4v) is 2.80. The van der Waals surface area contributed by atoms with Gasteiger partial charge in [0.1, 0.15) is 12.4 Å². The van der Waals surface area contributed by atoms with E-state index in [0.29, 0.717) is 17.3 Å². The van der Waals surface area contributed by atoms with Crippen LogP contribution in [0.15, 0.2) is 67.0 Å². The first-order valence-electron chi connectivity index (χ1n) is 9.04. The number of anilines is 1. The van der Waals surface area contributed by atoms with Crippen LogP contribution in [0, 0.1) is 5.82 Å². The van der Waals surface area contributed by atoms with Crippen molar-refractivity contribution < 1.29 is 18.7 Å². The Bertz CT molecular complexity index is 1030. The second-order valence-corrected chi connectivity index (χ2v) is 7.01. The number of halogens is 2. The largest absolute Gasteiger partial charge is 0.444 e. The lowest BCUT2D eigenvalue weighted by Gasteiger charge is -2.17. The zero-order valence-corrected chi connectivity index (χ0v) is 16.9. The van der Waals surface area contributed by atoms with Gasteiger partial charge in [-0.05, 0) is 41.5 Å². The molecule has 0 atom stereocenters. The van der Waals surface area contributed by atoms with Gasteiger partial charge in [-0.3, -0.25) is 15.1 Å². The summed E-state index contributed by atoms with van der Waals surface area (Å²) in [5, 5.41) is 3.26. The quantitative estimate of drug-likeness (QED) is 0.607. The number of rotatable bonds is 6. The summed E-state index contributed by atoms with van der Waals surface area (Å²) in [5.41, 5.74) is 2.41. The molecule has 3 aromatic rings. The number of ether oxygens (including phenoxy) is 1. The molecule has 8 heteroatoms. The van der Waals surface area contributed by atoms with E-state index in [0.717, 1.165) is 23.4 Å². The van der Waals surface area contributed by atoms with Gasteiger partial charge in [-0.2, -0.15) is 0 Å². The van der Waals surface area contributed by atoms with Crippen LogP contribution in [0.3, 0.4) is 0 Å². The molecule has 0 unspecified atom stereocenters. The van der Waals surface area contributed by atoms with E-state index in [1.165, 1.54) is 11.1 Å². The minimum absolute atomic E-state index is 0.128. The van der Waals surface area contributed by atoms with Gasteiger partial charge in [0.2, 0.25) is 0 Å². The Hall–Kier alpha value is -3.45. The molecule has 1 aromatic heterocycles. The molecule has 0 saturated heterocycles. The highest BCUT2D eigenvalue weighted by molar-refractivity contribution is 6.30. The predicted octanol–water partition coefficient (Wildman–Crippen LogP) is 4.90. The molecule has 2 aromatic carbocycles. The molecule has 0 saturated carbocycles. The minimum Gasteiger partial charge on any atom is -0.444 e. The maximum absolute atomic E-state index is 13.3. The normalized spacial score (nSPS) is 10.4. The molecule has 0 spiro atoms. The number of hydrogen-bond acceptors (Lipinski definition) is 4. The monoisotopic (exact) mass is 427 g/mol. The zero-order chi connectivity index (χ0) is 21.5. The van der Waals surface area contributed by atoms with Crippen LogP contribution in [-0.2, 0) is 17.9 Å². The lowest BCUT2D eigenvalue weighted by atomic mass is 10.2. The Morgan fingerprint density at radius 1 is 1.07 bits per heavy atom. The summed E-state index contributed by atoms with van der Waals surface area (Å²) in [5.74, 6) is -0.900. The smallest absolute Gasteiger partial charge is 0.411 e. The van der Waals surface area contributed by atoms with E-state index in [1.54, 1.807) is 55.6 Å². The highest BCUT2D eigenvalue weighted by atomic mass is 35.5. The van der Waals surface area contributed by atoms with Gasteiger partial charge in [0.05, 0.1) is 11.8 Å². The third kappa shape index (κ3) is 6.02. The number of hydrogen-bond donors (Lipinski definition) is 1. The van der Waals surface area contributed by atoms with Crippen LogP contribution in [0.25, 0.3) is 0 Å². The van der Waals surface area contributed by atoms with Gasteiger partial charge >= 0.3 is 6.09 Å². The molecule has 6 nitrogen and oxygen atoms in total. The molecule has 0 aliphatic rings. The van der Waals surface area contributed by atoms with Crippen LogP contribution in [0.5, 0.6) is 0 Å². The van der Waals surface area contributed by atoms with Gasteiger partial charge < -0.3 is 9.64 Å². The van der Waals surface area contributed by atoms with Crippen molar-refractivity contribution in [2.75, 3.05) is 12.4 Å². The number of benzene rings is 2. The van der Waals surface area contributed by atoms with Crippen molar-refractivity contribution in [3.8, 4) is 0 Å². The third-order valence-electron chi connectivity index (χ3n) is 4.20. The first-order chi connectivity index (χ1) is 14.4. The van der Waals surface area contributed by atoms with E-state index in [2.05, 4.69) is 10.3 Å². The number of amides is 2. The maximum atomic E-state index is 13.3. The first kappa shape index (κ1) is 21.3. The molecule has 0 bridgehead atoms. The molecule has 154 valence electrons. The van der Waals surface area contributed by atoms with Gasteiger partial charge in [-0.1, -0.05) is 35.9 Å². The van der Waals surface area contributed by atoms with Crippen LogP contribution in [0.4, 0.5) is 14.9 Å². The number of aromatic nitrogens is 1. The molecule has 0 aliphatic carbocycles. The van der Waals surface area contributed by atoms with Crippen LogP contribution >= 0.6 is 11.6 Å². The summed E-state index contributed by atoms with van der Waals surface area (Å²) in [6.45, 7) is 0.444. The van der Waals surface area contributed by atoms with Crippen molar-refractivity contribution in [3.63, 3.8) is 0 Å². The molecule has 0 fully saturated rings. The van der Waals surface area contributed by atoms with Gasteiger partial charge in [0.15, 0.2) is 0 Å². The van der Waals surface area contributed by atoms with Crippen molar-refractivity contribution in [2.45, 2.75) is 13.2 Å². The van der Waals surface area contributed by atoms with Gasteiger partial charge in [-0.25, -0.2) is 9.18 Å². The number of carbonyl (C=O) groups is 2. The SMILES string of the molecule is CN(Cc1ccc(NC(=O)OCc2ccc(Cl)cc2)cc1)C(=O)c1cncc(F)c1. The number of nitrogens with zero attached hydrogens (tertiary/aromatic N) is 2. The average molecular weight is 428 g/mol. The third-order valence-corrected chi connectivity index (χ3v) is 4.45. The van der Waals surface area contributed by atoms with Crippen LogP contribution in [0.1, 0.15) is 21.5 Å². The number of carbonyl (C=O) groups excluding carboxylic acids is 2. The van der Waals surface area contributed by atoms with Gasteiger partial charge in [0, 0.05) is 30.5 Å².